The van der Waals surface area contributed by atoms with E-state index in [0.29, 0.717) is 37.3 Å². The number of hydrogen-bond donors (Lipinski definition) is 5. The molecule has 16 nitrogen and oxygen atoms in total. The summed E-state index contributed by atoms with van der Waals surface area (Å²) in [5, 5.41) is 21.4. The third-order valence-electron chi connectivity index (χ3n) is 12.2. The van der Waals surface area contributed by atoms with Crippen LogP contribution in [0.4, 0.5) is 11.5 Å². The van der Waals surface area contributed by atoms with E-state index >= 15 is 0 Å². The van der Waals surface area contributed by atoms with Crippen LogP contribution in [0.2, 0.25) is 0 Å². The summed E-state index contributed by atoms with van der Waals surface area (Å²) in [4.78, 5) is 97.8. The van der Waals surface area contributed by atoms with Gasteiger partial charge in [-0.3, -0.25) is 43.8 Å². The molecule has 332 valence electrons. The third kappa shape index (κ3) is 10.9. The second kappa shape index (κ2) is 21.0. The predicted octanol–water partition coefficient (Wildman–Crippen LogP) is 4.71. The maximum absolute atomic E-state index is 13.3. The molecule has 5 N–H and O–H groups in total. The highest BCUT2D eigenvalue weighted by Gasteiger charge is 2.46. The summed E-state index contributed by atoms with van der Waals surface area (Å²) in [6.07, 6.45) is 14.7. The number of amides is 6. The number of nitrogens with one attached hydrogen (secondary N) is 4. The van der Waals surface area contributed by atoms with E-state index < -0.39 is 29.7 Å². The minimum atomic E-state index is -0.999. The largest absolute Gasteiger partial charge is 0.507 e. The Morgan fingerprint density at radius 1 is 0.794 bits per heavy atom. The van der Waals surface area contributed by atoms with E-state index in [1.165, 1.54) is 12.1 Å². The number of phenolic OH excluding ortho intramolecular Hbond substituents is 1. The van der Waals surface area contributed by atoms with Crippen molar-refractivity contribution in [1.29, 1.82) is 0 Å². The Morgan fingerprint density at radius 3 is 2.27 bits per heavy atom. The Kier molecular flexibility index (Phi) is 14.8. The fraction of sp³-hybridized carbons (Fsp3) is 0.447. The molecule has 63 heavy (non-hydrogen) atoms. The number of pyridine rings is 1. The first-order valence-corrected chi connectivity index (χ1v) is 22.2. The molecule has 3 atom stereocenters. The molecule has 0 spiro atoms. The monoisotopic (exact) mass is 860 g/mol. The van der Waals surface area contributed by atoms with Gasteiger partial charge in [0.1, 0.15) is 17.6 Å². The van der Waals surface area contributed by atoms with Crippen LogP contribution in [-0.2, 0) is 14.4 Å². The number of carbonyl (C=O) groups excluding carboxylic acids is 7. The lowest BCUT2D eigenvalue weighted by Crippen LogP contribution is -2.54. The van der Waals surface area contributed by atoms with Crippen molar-refractivity contribution in [3.8, 4) is 5.75 Å². The number of nitrogens with zero attached hydrogens (tertiary/aromatic N) is 4. The van der Waals surface area contributed by atoms with Crippen molar-refractivity contribution in [3.05, 3.63) is 95.3 Å². The molecule has 3 aromatic rings. The summed E-state index contributed by atoms with van der Waals surface area (Å²) in [5.41, 5.74) is 1.86. The zero-order valence-electron chi connectivity index (χ0n) is 35.5. The van der Waals surface area contributed by atoms with Gasteiger partial charge in [-0.25, -0.2) is 4.98 Å². The molecule has 7 rings (SSSR count). The van der Waals surface area contributed by atoms with Crippen LogP contribution in [0.1, 0.15) is 125 Å². The maximum atomic E-state index is 13.3. The van der Waals surface area contributed by atoms with Crippen molar-refractivity contribution < 1.29 is 38.7 Å². The lowest BCUT2D eigenvalue weighted by Gasteiger charge is -2.34. The molecule has 1 unspecified atom stereocenters. The van der Waals surface area contributed by atoms with Gasteiger partial charge < -0.3 is 30.9 Å². The van der Waals surface area contributed by atoms with Gasteiger partial charge in [0.15, 0.2) is 5.78 Å². The average molecular weight is 861 g/mol. The number of likely N-dealkylation sites (tertiary alicyclic amines) is 1. The molecular weight excluding hydrogens is 805 g/mol. The van der Waals surface area contributed by atoms with Gasteiger partial charge in [0, 0.05) is 81.8 Å². The van der Waals surface area contributed by atoms with Crippen molar-refractivity contribution in [2.75, 3.05) is 42.9 Å². The molecule has 0 saturated carbocycles. The van der Waals surface area contributed by atoms with E-state index in [-0.39, 0.29) is 65.0 Å². The van der Waals surface area contributed by atoms with Crippen LogP contribution >= 0.6 is 0 Å². The second-order valence-corrected chi connectivity index (χ2v) is 16.6. The maximum Gasteiger partial charge on any atom is 0.264 e. The van der Waals surface area contributed by atoms with Crippen LogP contribution < -0.4 is 26.2 Å². The van der Waals surface area contributed by atoms with Crippen LogP contribution in [0.3, 0.4) is 0 Å². The first kappa shape index (κ1) is 44.5. The molecule has 4 aliphatic rings. The van der Waals surface area contributed by atoms with Gasteiger partial charge in [0.25, 0.3) is 17.7 Å². The SMILES string of the molecule is O=C(CCCCCCCNc1cccc2c1C(=O)N(C1CCC(=O)NC1=O)C2=O)NCCCCCCNC(=O)c1ccc(N2C[C@H]3C[C@@H]2CN3/C=C/C(=O)c2ccccc2O)nc1. The van der Waals surface area contributed by atoms with Crippen molar-refractivity contribution in [3.63, 3.8) is 0 Å². The summed E-state index contributed by atoms with van der Waals surface area (Å²) in [7, 11) is 0. The standard InChI is InChI=1S/C47H56N8O8/c56-38-16-8-7-13-34(38)39(57)22-26-53-29-33-27-32(53)30-54(33)40-20-18-31(28-51-40)44(60)50-25-11-5-4-10-24-49-41(58)17-6-2-1-3-9-23-48-36-15-12-14-35-43(36)47(63)55(46(35)62)37-19-21-42(59)52-45(37)61/h7-8,12-16,18,20,22,26,28,32-33,37,48,56H,1-6,9-11,17,19,21,23-25,27,29-30H2,(H,49,58)(H,50,60)(H,52,59,61)/b26-22+/t32-,33-,37?/m1/s1. The average Bonchev–Trinajstić information content (AvgIpc) is 3.96. The first-order valence-electron chi connectivity index (χ1n) is 22.2. The summed E-state index contributed by atoms with van der Waals surface area (Å²) in [5.74, 6) is -1.62. The number of allylic oxidation sites excluding steroid dienone is 1. The van der Waals surface area contributed by atoms with Gasteiger partial charge in [0.05, 0.1) is 22.3 Å². The van der Waals surface area contributed by atoms with E-state index in [9.17, 15) is 38.7 Å². The molecule has 5 heterocycles. The summed E-state index contributed by atoms with van der Waals surface area (Å²) >= 11 is 0. The third-order valence-corrected chi connectivity index (χ3v) is 12.2. The molecule has 2 bridgehead atoms. The predicted molar refractivity (Wildman–Crippen MR) is 235 cm³/mol. The van der Waals surface area contributed by atoms with Crippen molar-refractivity contribution in [1.82, 2.24) is 30.7 Å². The molecule has 1 aromatic heterocycles. The molecule has 0 radical (unpaired) electrons. The van der Waals surface area contributed by atoms with Gasteiger partial charge in [-0.2, -0.15) is 0 Å². The highest BCUT2D eigenvalue weighted by atomic mass is 16.3. The number of fused-ring (bicyclic) bond motifs is 3. The van der Waals surface area contributed by atoms with Gasteiger partial charge in [0.2, 0.25) is 17.7 Å². The van der Waals surface area contributed by atoms with Gasteiger partial charge >= 0.3 is 0 Å². The number of imide groups is 2. The number of carbonyl (C=O) groups is 7. The number of aromatic hydroxyl groups is 1. The Morgan fingerprint density at radius 2 is 1.54 bits per heavy atom. The molecule has 6 amide bonds. The van der Waals surface area contributed by atoms with Gasteiger partial charge in [-0.05, 0) is 74.9 Å². The fourth-order valence-electron chi connectivity index (χ4n) is 8.84. The molecule has 4 aliphatic heterocycles. The number of piperidine rings is 1. The molecular formula is C47H56N8O8. The molecule has 16 heteroatoms. The Labute approximate surface area is 366 Å². The minimum Gasteiger partial charge on any atom is -0.507 e. The number of phenols is 1. The number of rotatable bonds is 22. The Balaban J connectivity index is 0.684. The quantitative estimate of drug-likeness (QED) is 0.0403. The highest BCUT2D eigenvalue weighted by Crippen LogP contribution is 2.35. The minimum absolute atomic E-state index is 0.0249. The van der Waals surface area contributed by atoms with Crippen molar-refractivity contribution in [2.45, 2.75) is 102 Å². The Hall–Kier alpha value is -6.58. The van der Waals surface area contributed by atoms with E-state index in [0.717, 1.165) is 88.0 Å². The second-order valence-electron chi connectivity index (χ2n) is 16.6. The van der Waals surface area contributed by atoms with E-state index in [1.54, 1.807) is 42.6 Å². The smallest absolute Gasteiger partial charge is 0.264 e. The van der Waals surface area contributed by atoms with Crippen LogP contribution in [-0.4, -0.2) is 112 Å². The van der Waals surface area contributed by atoms with E-state index in [2.05, 4.69) is 36.1 Å². The number of aromatic nitrogens is 1. The normalized spacial score (nSPS) is 19.2. The number of hydrogen-bond acceptors (Lipinski definition) is 12. The first-order chi connectivity index (χ1) is 30.6. The molecule has 2 aromatic carbocycles. The highest BCUT2D eigenvalue weighted by molar-refractivity contribution is 6.25. The Bertz CT molecular complexity index is 2230. The van der Waals surface area contributed by atoms with Crippen molar-refractivity contribution in [2.24, 2.45) is 0 Å². The van der Waals surface area contributed by atoms with Crippen LogP contribution in [0.5, 0.6) is 5.75 Å². The number of anilines is 2. The summed E-state index contributed by atoms with van der Waals surface area (Å²) < 4.78 is 0. The fourth-order valence-corrected chi connectivity index (χ4v) is 8.84. The number of benzene rings is 2. The molecule has 0 aliphatic carbocycles. The summed E-state index contributed by atoms with van der Waals surface area (Å²) in [6.45, 7) is 3.34. The van der Waals surface area contributed by atoms with E-state index in [1.807, 2.05) is 18.3 Å². The zero-order chi connectivity index (χ0) is 44.3. The molecule has 3 fully saturated rings. The lowest BCUT2D eigenvalue weighted by atomic mass is 10.0. The number of para-hydroxylation sites is 1. The number of piperazine rings is 1. The number of ketones is 1. The van der Waals surface area contributed by atoms with Gasteiger partial charge in [-0.15, -0.1) is 0 Å². The lowest BCUT2D eigenvalue weighted by molar-refractivity contribution is -0.136. The summed E-state index contributed by atoms with van der Waals surface area (Å²) in [6, 6.07) is 14.8. The topological polar surface area (TPSA) is 210 Å². The van der Waals surface area contributed by atoms with Gasteiger partial charge in [-0.1, -0.05) is 50.3 Å². The molecule has 3 saturated heterocycles. The van der Waals surface area contributed by atoms with Crippen molar-refractivity contribution >= 4 is 52.7 Å². The van der Waals surface area contributed by atoms with Crippen LogP contribution in [0.25, 0.3) is 0 Å². The van der Waals surface area contributed by atoms with Crippen LogP contribution in [0, 0.1) is 0 Å². The number of unbranched alkanes of at least 4 members (excludes halogenated alkanes) is 7. The van der Waals surface area contributed by atoms with E-state index in [4.69, 9.17) is 0 Å². The van der Waals surface area contributed by atoms with Crippen LogP contribution in [0.15, 0.2) is 73.1 Å². The zero-order valence-corrected chi connectivity index (χ0v) is 35.5.